The fourth-order valence-corrected chi connectivity index (χ4v) is 5.78. The Morgan fingerprint density at radius 3 is 2.77 bits per heavy atom. The summed E-state index contributed by atoms with van der Waals surface area (Å²) in [5, 5.41) is 7.85. The number of hydrogen-bond donors (Lipinski definition) is 2. The van der Waals surface area contributed by atoms with Gasteiger partial charge < -0.3 is 30.5 Å². The molecule has 39 heavy (non-hydrogen) atoms. The Morgan fingerprint density at radius 2 is 1.97 bits per heavy atom. The van der Waals surface area contributed by atoms with Crippen molar-refractivity contribution in [2.24, 2.45) is 5.73 Å². The van der Waals surface area contributed by atoms with Crippen LogP contribution < -0.4 is 25.6 Å². The monoisotopic (exact) mass is 536 g/mol. The van der Waals surface area contributed by atoms with Gasteiger partial charge in [-0.25, -0.2) is 9.37 Å². The molecule has 0 aliphatic carbocycles. The zero-order valence-electron chi connectivity index (χ0n) is 22.2. The van der Waals surface area contributed by atoms with Crippen LogP contribution in [0.1, 0.15) is 46.9 Å². The quantitative estimate of drug-likeness (QED) is 0.482. The minimum atomic E-state index is -0.545. The molecule has 3 aromatic rings. The molecule has 2 bridgehead atoms. The number of nitrogens with zero attached hydrogens (tertiary/aromatic N) is 6. The standard InChI is InChI=1S/C27H33FN8O3/c1-16-25(34-13-18(29)14-34)31-23-12-20-21-5-3-4-9-35(21)27(38)19-11-17(28)6-7-22(19)39-15-24(37)30-8-10-33(2)26(16)36(23)32-20/h6-7,11-12,18,21H,3-5,8-10,13-15,29H2,1-2H3,(H,30,37)/t21-/m0/s1. The highest BCUT2D eigenvalue weighted by Gasteiger charge is 2.34. The zero-order chi connectivity index (χ0) is 27.3. The lowest BCUT2D eigenvalue weighted by Crippen LogP contribution is -2.56. The number of fused-ring (bicyclic) bond motifs is 4. The number of likely N-dealkylation sites (N-methyl/N-ethyl adjacent to an activating group) is 1. The predicted molar refractivity (Wildman–Crippen MR) is 144 cm³/mol. The van der Waals surface area contributed by atoms with Crippen molar-refractivity contribution in [2.75, 3.05) is 56.2 Å². The third-order valence-electron chi connectivity index (χ3n) is 7.78. The molecule has 2 fully saturated rings. The first kappa shape index (κ1) is 25.4. The van der Waals surface area contributed by atoms with Crippen LogP contribution >= 0.6 is 0 Å². The van der Waals surface area contributed by atoms with Crippen LogP contribution in [0.3, 0.4) is 0 Å². The van der Waals surface area contributed by atoms with Crippen molar-refractivity contribution < 1.29 is 18.7 Å². The highest BCUT2D eigenvalue weighted by Crippen LogP contribution is 2.36. The van der Waals surface area contributed by atoms with Crippen molar-refractivity contribution in [1.82, 2.24) is 24.8 Å². The third kappa shape index (κ3) is 4.62. The van der Waals surface area contributed by atoms with E-state index in [1.807, 2.05) is 24.6 Å². The van der Waals surface area contributed by atoms with Crippen molar-refractivity contribution in [2.45, 2.75) is 38.3 Å². The summed E-state index contributed by atoms with van der Waals surface area (Å²) >= 11 is 0. The normalized spacial score (nSPS) is 20.9. The number of carbonyl (C=O) groups is 2. The van der Waals surface area contributed by atoms with Crippen LogP contribution in [0.25, 0.3) is 5.65 Å². The van der Waals surface area contributed by atoms with E-state index in [1.165, 1.54) is 18.2 Å². The molecule has 2 aromatic heterocycles. The molecule has 12 heteroatoms. The molecule has 2 saturated heterocycles. The van der Waals surface area contributed by atoms with Gasteiger partial charge in [-0.05, 0) is 44.4 Å². The van der Waals surface area contributed by atoms with E-state index in [9.17, 15) is 14.0 Å². The first-order chi connectivity index (χ1) is 18.8. The number of rotatable bonds is 1. The molecule has 0 saturated carbocycles. The van der Waals surface area contributed by atoms with E-state index in [1.54, 1.807) is 4.90 Å². The molecule has 0 radical (unpaired) electrons. The summed E-state index contributed by atoms with van der Waals surface area (Å²) in [6.45, 7) is 4.59. The number of benzene rings is 1. The maximum atomic E-state index is 14.3. The summed E-state index contributed by atoms with van der Waals surface area (Å²) in [5.74, 6) is 0.667. The van der Waals surface area contributed by atoms with Gasteiger partial charge in [-0.1, -0.05) is 0 Å². The molecule has 11 nitrogen and oxygen atoms in total. The predicted octanol–water partition coefficient (Wildman–Crippen LogP) is 1.64. The number of aromatic nitrogens is 3. The first-order valence-corrected chi connectivity index (χ1v) is 13.4. The summed E-state index contributed by atoms with van der Waals surface area (Å²) < 4.78 is 21.8. The largest absolute Gasteiger partial charge is 0.483 e. The average molecular weight is 537 g/mol. The van der Waals surface area contributed by atoms with Crippen molar-refractivity contribution >= 4 is 29.1 Å². The van der Waals surface area contributed by atoms with Crippen LogP contribution in [-0.2, 0) is 4.79 Å². The van der Waals surface area contributed by atoms with E-state index in [0.717, 1.165) is 55.2 Å². The van der Waals surface area contributed by atoms with Gasteiger partial charge in [0.05, 0.1) is 17.3 Å². The van der Waals surface area contributed by atoms with E-state index in [2.05, 4.69) is 15.1 Å². The second-order valence-electron chi connectivity index (χ2n) is 10.6. The summed E-state index contributed by atoms with van der Waals surface area (Å²) in [5.41, 5.74) is 8.54. The lowest BCUT2D eigenvalue weighted by Gasteiger charge is -2.39. The average Bonchev–Trinajstić information content (AvgIpc) is 3.32. The van der Waals surface area contributed by atoms with Crippen molar-refractivity contribution in [3.05, 3.63) is 46.9 Å². The molecule has 3 aliphatic rings. The molecule has 3 aliphatic heterocycles. The zero-order valence-corrected chi connectivity index (χ0v) is 22.2. The van der Waals surface area contributed by atoms with Crippen molar-refractivity contribution in [1.29, 1.82) is 0 Å². The van der Waals surface area contributed by atoms with Gasteiger partial charge in [0.1, 0.15) is 23.2 Å². The second kappa shape index (κ2) is 9.99. The Kier molecular flexibility index (Phi) is 6.49. The Morgan fingerprint density at radius 1 is 1.15 bits per heavy atom. The van der Waals surface area contributed by atoms with Gasteiger partial charge in [0.2, 0.25) is 0 Å². The van der Waals surface area contributed by atoms with E-state index in [0.29, 0.717) is 25.3 Å². The Labute approximate surface area is 225 Å². The third-order valence-corrected chi connectivity index (χ3v) is 7.78. The summed E-state index contributed by atoms with van der Waals surface area (Å²) in [4.78, 5) is 37.3. The van der Waals surface area contributed by atoms with Crippen LogP contribution in [0.15, 0.2) is 24.3 Å². The molecule has 0 spiro atoms. The molecule has 0 unspecified atom stereocenters. The van der Waals surface area contributed by atoms with Gasteiger partial charge in [-0.3, -0.25) is 9.59 Å². The van der Waals surface area contributed by atoms with Gasteiger partial charge in [0, 0.05) is 57.4 Å². The molecule has 1 aromatic carbocycles. The number of piperidine rings is 1. The SMILES string of the molecule is Cc1c(N2CC(N)C2)nc2cc3nn2c1N(C)CCNC(=O)COc1ccc(F)cc1C(=O)N1CCCC[C@@H]31. The molecule has 1 atom stereocenters. The summed E-state index contributed by atoms with van der Waals surface area (Å²) in [6.07, 6.45) is 2.49. The lowest BCUT2D eigenvalue weighted by molar-refractivity contribution is -0.123. The summed E-state index contributed by atoms with van der Waals surface area (Å²) in [6, 6.07) is 5.56. The van der Waals surface area contributed by atoms with Gasteiger partial charge in [-0.15, -0.1) is 0 Å². The second-order valence-corrected chi connectivity index (χ2v) is 10.6. The van der Waals surface area contributed by atoms with E-state index in [-0.39, 0.29) is 41.8 Å². The molecule has 6 rings (SSSR count). The highest BCUT2D eigenvalue weighted by atomic mass is 19.1. The smallest absolute Gasteiger partial charge is 0.258 e. The van der Waals surface area contributed by atoms with Gasteiger partial charge >= 0.3 is 0 Å². The molecular weight excluding hydrogens is 503 g/mol. The minimum Gasteiger partial charge on any atom is -0.483 e. The van der Waals surface area contributed by atoms with Gasteiger partial charge in [-0.2, -0.15) is 9.61 Å². The number of amides is 2. The number of ether oxygens (including phenoxy) is 1. The summed E-state index contributed by atoms with van der Waals surface area (Å²) in [7, 11) is 1.96. The fourth-order valence-electron chi connectivity index (χ4n) is 5.78. The van der Waals surface area contributed by atoms with E-state index in [4.69, 9.17) is 20.6 Å². The number of nitrogens with two attached hydrogens (primary N) is 1. The number of hydrogen-bond acceptors (Lipinski definition) is 8. The van der Waals surface area contributed by atoms with Crippen LogP contribution in [-0.4, -0.2) is 83.7 Å². The number of halogens is 1. The van der Waals surface area contributed by atoms with Crippen LogP contribution in [0, 0.1) is 12.7 Å². The highest BCUT2D eigenvalue weighted by molar-refractivity contribution is 5.97. The first-order valence-electron chi connectivity index (χ1n) is 13.4. The number of anilines is 2. The Balaban J connectivity index is 1.49. The van der Waals surface area contributed by atoms with Crippen LogP contribution in [0.2, 0.25) is 0 Å². The molecule has 3 N–H and O–H groups in total. The molecular formula is C27H33FN8O3. The Hall–Kier alpha value is -3.93. The Bertz CT molecular complexity index is 1440. The number of nitrogens with one attached hydrogen (secondary N) is 1. The van der Waals surface area contributed by atoms with E-state index >= 15 is 0 Å². The minimum absolute atomic E-state index is 0.0939. The fraction of sp³-hybridized carbons (Fsp3) is 0.481. The van der Waals surface area contributed by atoms with Crippen LogP contribution in [0.4, 0.5) is 16.0 Å². The van der Waals surface area contributed by atoms with Gasteiger partial charge in [0.25, 0.3) is 11.8 Å². The van der Waals surface area contributed by atoms with Crippen LogP contribution in [0.5, 0.6) is 5.75 Å². The lowest BCUT2D eigenvalue weighted by atomic mass is 9.98. The molecule has 5 heterocycles. The van der Waals surface area contributed by atoms with Crippen molar-refractivity contribution in [3.63, 3.8) is 0 Å². The maximum absolute atomic E-state index is 14.3. The molecule has 206 valence electrons. The molecule has 2 amide bonds. The number of carbonyl (C=O) groups excluding carboxylic acids is 2. The topological polar surface area (TPSA) is 121 Å². The van der Waals surface area contributed by atoms with Gasteiger partial charge in [0.15, 0.2) is 12.3 Å². The van der Waals surface area contributed by atoms with E-state index < -0.39 is 5.82 Å². The van der Waals surface area contributed by atoms with Crippen molar-refractivity contribution in [3.8, 4) is 5.75 Å². The maximum Gasteiger partial charge on any atom is 0.258 e.